The largest absolute Gasteiger partial charge is 0.329 e. The van der Waals surface area contributed by atoms with Crippen LogP contribution in [0, 0.1) is 5.92 Å². The van der Waals surface area contributed by atoms with Crippen molar-refractivity contribution in [2.75, 3.05) is 6.54 Å². The minimum Gasteiger partial charge on any atom is -0.329 e. The summed E-state index contributed by atoms with van der Waals surface area (Å²) in [6, 6.07) is 0. The van der Waals surface area contributed by atoms with Crippen molar-refractivity contribution >= 4 is 16.3 Å². The molecule has 0 amide bonds. The Morgan fingerprint density at radius 1 is 1.37 bits per heavy atom. The van der Waals surface area contributed by atoms with Crippen molar-refractivity contribution in [3.8, 4) is 0 Å². The van der Waals surface area contributed by atoms with Crippen LogP contribution in [-0.4, -0.2) is 26.4 Å². The van der Waals surface area contributed by atoms with Crippen molar-refractivity contribution < 1.29 is 0 Å². The summed E-state index contributed by atoms with van der Waals surface area (Å²) in [6.45, 7) is 5.09. The highest BCUT2D eigenvalue weighted by Crippen LogP contribution is 2.42. The maximum Gasteiger partial charge on any atom is 0.234 e. The van der Waals surface area contributed by atoms with Gasteiger partial charge in [0.05, 0.1) is 0 Å². The molecule has 0 aliphatic heterocycles. The van der Waals surface area contributed by atoms with E-state index in [9.17, 15) is 0 Å². The molecule has 2 heterocycles. The van der Waals surface area contributed by atoms with Gasteiger partial charge in [0.2, 0.25) is 4.96 Å². The summed E-state index contributed by atoms with van der Waals surface area (Å²) in [7, 11) is 0. The molecule has 104 valence electrons. The quantitative estimate of drug-likeness (QED) is 0.934. The first-order chi connectivity index (χ1) is 9.18. The van der Waals surface area contributed by atoms with E-state index in [0.717, 1.165) is 41.0 Å². The van der Waals surface area contributed by atoms with Crippen LogP contribution < -0.4 is 5.73 Å². The van der Waals surface area contributed by atoms with E-state index in [2.05, 4.69) is 24.0 Å². The van der Waals surface area contributed by atoms with E-state index < -0.39 is 0 Å². The van der Waals surface area contributed by atoms with Gasteiger partial charge in [-0.2, -0.15) is 9.61 Å². The van der Waals surface area contributed by atoms with Gasteiger partial charge in [0.15, 0.2) is 5.82 Å². The van der Waals surface area contributed by atoms with Crippen LogP contribution in [0.4, 0.5) is 0 Å². The van der Waals surface area contributed by atoms with Gasteiger partial charge in [-0.05, 0) is 31.6 Å². The normalized spacial score (nSPS) is 28.1. The Labute approximate surface area is 117 Å². The van der Waals surface area contributed by atoms with Gasteiger partial charge in [-0.15, -0.1) is 10.2 Å². The standard InChI is InChI=1S/C13H21N5S/c1-3-10-15-16-12-18(10)17-11(19-12)13(8-14)6-4-9(2)5-7-13/h9H,3-8,14H2,1-2H3. The Kier molecular flexibility index (Phi) is 3.30. The lowest BCUT2D eigenvalue weighted by Gasteiger charge is -2.36. The summed E-state index contributed by atoms with van der Waals surface area (Å²) >= 11 is 1.66. The van der Waals surface area contributed by atoms with E-state index >= 15 is 0 Å². The Morgan fingerprint density at radius 2 is 2.11 bits per heavy atom. The highest BCUT2D eigenvalue weighted by atomic mass is 32.1. The van der Waals surface area contributed by atoms with Gasteiger partial charge in [0.25, 0.3) is 0 Å². The number of aromatic nitrogens is 4. The maximum absolute atomic E-state index is 6.10. The topological polar surface area (TPSA) is 69.1 Å². The highest BCUT2D eigenvalue weighted by molar-refractivity contribution is 7.16. The molecule has 1 saturated carbocycles. The molecular weight excluding hydrogens is 258 g/mol. The minimum atomic E-state index is 0.0723. The molecule has 2 aromatic rings. The second-order valence-electron chi connectivity index (χ2n) is 5.74. The van der Waals surface area contributed by atoms with Crippen LogP contribution >= 0.6 is 11.3 Å². The second-order valence-corrected chi connectivity index (χ2v) is 6.69. The van der Waals surface area contributed by atoms with Crippen molar-refractivity contribution in [2.24, 2.45) is 11.7 Å². The number of nitrogens with zero attached hydrogens (tertiary/aromatic N) is 4. The number of hydrogen-bond donors (Lipinski definition) is 1. The molecule has 0 spiro atoms. The Morgan fingerprint density at radius 3 is 2.74 bits per heavy atom. The van der Waals surface area contributed by atoms with Gasteiger partial charge in [-0.3, -0.25) is 0 Å². The van der Waals surface area contributed by atoms with E-state index in [1.54, 1.807) is 11.3 Å². The van der Waals surface area contributed by atoms with Gasteiger partial charge in [0.1, 0.15) is 5.01 Å². The van der Waals surface area contributed by atoms with Gasteiger partial charge in [-0.1, -0.05) is 25.2 Å². The summed E-state index contributed by atoms with van der Waals surface area (Å²) in [5.41, 5.74) is 6.17. The Balaban J connectivity index is 1.99. The highest BCUT2D eigenvalue weighted by Gasteiger charge is 2.38. The first kappa shape index (κ1) is 13.0. The van der Waals surface area contributed by atoms with Crippen molar-refractivity contribution in [1.82, 2.24) is 19.8 Å². The third-order valence-corrected chi connectivity index (χ3v) is 5.59. The van der Waals surface area contributed by atoms with E-state index in [4.69, 9.17) is 10.8 Å². The van der Waals surface area contributed by atoms with E-state index in [1.807, 2.05) is 4.52 Å². The molecule has 3 rings (SSSR count). The van der Waals surface area contributed by atoms with Crippen molar-refractivity contribution in [3.05, 3.63) is 10.8 Å². The number of aryl methyl sites for hydroxylation is 1. The maximum atomic E-state index is 6.10. The smallest absolute Gasteiger partial charge is 0.234 e. The zero-order valence-corrected chi connectivity index (χ0v) is 12.4. The summed E-state index contributed by atoms with van der Waals surface area (Å²) in [4.78, 5) is 0.901. The number of hydrogen-bond acceptors (Lipinski definition) is 5. The zero-order chi connectivity index (χ0) is 13.5. The summed E-state index contributed by atoms with van der Waals surface area (Å²) in [5, 5.41) is 14.3. The molecule has 0 unspecified atom stereocenters. The number of nitrogens with two attached hydrogens (primary N) is 1. The van der Waals surface area contributed by atoms with Crippen LogP contribution in [0.5, 0.6) is 0 Å². The molecule has 0 aromatic carbocycles. The molecule has 5 nitrogen and oxygen atoms in total. The monoisotopic (exact) mass is 279 g/mol. The first-order valence-electron chi connectivity index (χ1n) is 7.10. The van der Waals surface area contributed by atoms with Crippen LogP contribution in [-0.2, 0) is 11.8 Å². The lowest BCUT2D eigenvalue weighted by molar-refractivity contribution is 0.245. The van der Waals surface area contributed by atoms with Gasteiger partial charge < -0.3 is 5.73 Å². The number of rotatable bonds is 3. The fourth-order valence-corrected chi connectivity index (χ4v) is 4.03. The van der Waals surface area contributed by atoms with Crippen molar-refractivity contribution in [3.63, 3.8) is 0 Å². The van der Waals surface area contributed by atoms with Crippen LogP contribution in [0.3, 0.4) is 0 Å². The van der Waals surface area contributed by atoms with Crippen molar-refractivity contribution in [2.45, 2.75) is 51.4 Å². The predicted octanol–water partition coefficient (Wildman–Crippen LogP) is 2.15. The predicted molar refractivity (Wildman–Crippen MR) is 76.4 cm³/mol. The van der Waals surface area contributed by atoms with E-state index in [-0.39, 0.29) is 5.41 Å². The molecule has 0 saturated heterocycles. The summed E-state index contributed by atoms with van der Waals surface area (Å²) in [6.07, 6.45) is 5.65. The summed E-state index contributed by atoms with van der Waals surface area (Å²) < 4.78 is 1.90. The van der Waals surface area contributed by atoms with Crippen LogP contribution in [0.15, 0.2) is 0 Å². The zero-order valence-electron chi connectivity index (χ0n) is 11.6. The van der Waals surface area contributed by atoms with Gasteiger partial charge in [0, 0.05) is 18.4 Å². The molecule has 2 N–H and O–H groups in total. The Hall–Kier alpha value is -1.01. The molecule has 19 heavy (non-hydrogen) atoms. The SMILES string of the molecule is CCc1nnc2sc(C3(CN)CCC(C)CC3)nn12. The van der Waals surface area contributed by atoms with E-state index in [0.29, 0.717) is 6.54 Å². The molecule has 0 bridgehead atoms. The molecule has 6 heteroatoms. The Bertz CT molecular complexity index is 565. The average Bonchev–Trinajstić information content (AvgIpc) is 3.00. The fraction of sp³-hybridized carbons (Fsp3) is 0.769. The third-order valence-electron chi connectivity index (χ3n) is 4.45. The molecular formula is C13H21N5S. The third kappa shape index (κ3) is 2.07. The average molecular weight is 279 g/mol. The van der Waals surface area contributed by atoms with Gasteiger partial charge >= 0.3 is 0 Å². The van der Waals surface area contributed by atoms with Crippen LogP contribution in [0.1, 0.15) is 50.4 Å². The molecule has 0 atom stereocenters. The molecule has 2 aromatic heterocycles. The molecule has 1 aliphatic rings. The van der Waals surface area contributed by atoms with Crippen LogP contribution in [0.2, 0.25) is 0 Å². The fourth-order valence-electron chi connectivity index (χ4n) is 2.91. The minimum absolute atomic E-state index is 0.0723. The molecule has 1 fully saturated rings. The molecule has 0 radical (unpaired) electrons. The molecule has 1 aliphatic carbocycles. The lowest BCUT2D eigenvalue weighted by atomic mass is 9.71. The second kappa shape index (κ2) is 4.83. The van der Waals surface area contributed by atoms with Crippen molar-refractivity contribution in [1.29, 1.82) is 0 Å². The van der Waals surface area contributed by atoms with Gasteiger partial charge in [-0.25, -0.2) is 0 Å². The van der Waals surface area contributed by atoms with E-state index in [1.165, 1.54) is 12.8 Å². The lowest BCUT2D eigenvalue weighted by Crippen LogP contribution is -2.38. The van der Waals surface area contributed by atoms with Crippen LogP contribution in [0.25, 0.3) is 4.96 Å². The number of fused-ring (bicyclic) bond motifs is 1. The first-order valence-corrected chi connectivity index (χ1v) is 7.92. The summed E-state index contributed by atoms with van der Waals surface area (Å²) in [5.74, 6) is 1.76.